The molecule has 0 radical (unpaired) electrons. The van der Waals surface area contributed by atoms with Gasteiger partial charge in [-0.2, -0.15) is 0 Å². The van der Waals surface area contributed by atoms with Gasteiger partial charge in [-0.3, -0.25) is 4.79 Å². The fourth-order valence-electron chi connectivity index (χ4n) is 5.12. The first-order chi connectivity index (χ1) is 11.2. The molecule has 126 valence electrons. The van der Waals surface area contributed by atoms with E-state index < -0.39 is 0 Å². The molecule has 0 bridgehead atoms. The zero-order valence-electron chi connectivity index (χ0n) is 14.1. The molecule has 1 aliphatic heterocycles. The summed E-state index contributed by atoms with van der Waals surface area (Å²) in [5, 5.41) is 2.13. The Labute approximate surface area is 143 Å². The average Bonchev–Trinajstić information content (AvgIpc) is 3.18. The molecule has 2 atom stereocenters. The summed E-state index contributed by atoms with van der Waals surface area (Å²) >= 11 is 1.80. The fraction of sp³-hybridized carbons (Fsp3) is 0.737. The number of hydrogen-bond donors (Lipinski definition) is 0. The third kappa shape index (κ3) is 2.64. The van der Waals surface area contributed by atoms with Crippen molar-refractivity contribution < 1.29 is 9.53 Å². The highest BCUT2D eigenvalue weighted by atomic mass is 32.1. The Bertz CT molecular complexity index is 596. The average molecular weight is 333 g/mol. The number of aryl methyl sites for hydroxylation is 1. The Hall–Kier alpha value is -0.870. The standard InChI is InChI=1S/C19H27NO2S/c1-22-17-8-4-9-19(17)10-5-11-20(13-19)18(21)15-12-23-16-7-3-2-6-14(15)16/h12,17H,2-11,13H2,1H3/t17-,19+/m1/s1. The molecule has 1 aromatic rings. The van der Waals surface area contributed by atoms with Gasteiger partial charge in [-0.05, 0) is 56.9 Å². The molecule has 0 N–H and O–H groups in total. The monoisotopic (exact) mass is 333 g/mol. The lowest BCUT2D eigenvalue weighted by Gasteiger charge is -2.43. The van der Waals surface area contributed by atoms with Crippen LogP contribution in [0.2, 0.25) is 0 Å². The lowest BCUT2D eigenvalue weighted by Crippen LogP contribution is -2.49. The van der Waals surface area contributed by atoms with Gasteiger partial charge in [0.25, 0.3) is 5.91 Å². The number of hydrogen-bond acceptors (Lipinski definition) is 3. The van der Waals surface area contributed by atoms with Crippen LogP contribution in [0.15, 0.2) is 5.38 Å². The van der Waals surface area contributed by atoms with Crippen LogP contribution in [0.25, 0.3) is 0 Å². The molecule has 1 spiro atoms. The van der Waals surface area contributed by atoms with Gasteiger partial charge in [0.05, 0.1) is 11.7 Å². The molecule has 4 heteroatoms. The zero-order valence-corrected chi connectivity index (χ0v) is 14.9. The first-order valence-corrected chi connectivity index (χ1v) is 10.0. The molecule has 3 aliphatic rings. The molecule has 2 fully saturated rings. The number of amides is 1. The third-order valence-electron chi connectivity index (χ3n) is 6.30. The summed E-state index contributed by atoms with van der Waals surface area (Å²) in [6, 6.07) is 0. The third-order valence-corrected chi connectivity index (χ3v) is 7.38. The van der Waals surface area contributed by atoms with Crippen molar-refractivity contribution in [1.29, 1.82) is 0 Å². The number of ether oxygens (including phenoxy) is 1. The van der Waals surface area contributed by atoms with E-state index in [1.165, 1.54) is 49.0 Å². The van der Waals surface area contributed by atoms with E-state index in [9.17, 15) is 4.79 Å². The van der Waals surface area contributed by atoms with Crippen molar-refractivity contribution in [3.63, 3.8) is 0 Å². The van der Waals surface area contributed by atoms with E-state index in [0.717, 1.165) is 37.9 Å². The van der Waals surface area contributed by atoms with Crippen LogP contribution in [0.4, 0.5) is 0 Å². The lowest BCUT2D eigenvalue weighted by atomic mass is 9.76. The number of piperidine rings is 1. The molecule has 1 saturated heterocycles. The summed E-state index contributed by atoms with van der Waals surface area (Å²) in [6.07, 6.45) is 11.1. The summed E-state index contributed by atoms with van der Waals surface area (Å²) in [5.41, 5.74) is 2.59. The summed E-state index contributed by atoms with van der Waals surface area (Å²) in [7, 11) is 1.84. The smallest absolute Gasteiger partial charge is 0.255 e. The van der Waals surface area contributed by atoms with E-state index in [1.54, 1.807) is 11.3 Å². The van der Waals surface area contributed by atoms with E-state index >= 15 is 0 Å². The highest BCUT2D eigenvalue weighted by Gasteiger charge is 2.46. The minimum absolute atomic E-state index is 0.221. The van der Waals surface area contributed by atoms with Crippen LogP contribution in [0.5, 0.6) is 0 Å². The molecule has 4 rings (SSSR count). The molecule has 23 heavy (non-hydrogen) atoms. The maximum Gasteiger partial charge on any atom is 0.255 e. The lowest BCUT2D eigenvalue weighted by molar-refractivity contribution is -0.0295. The summed E-state index contributed by atoms with van der Waals surface area (Å²) in [6.45, 7) is 1.82. The van der Waals surface area contributed by atoms with Crippen molar-refractivity contribution in [1.82, 2.24) is 4.90 Å². The molecule has 0 aromatic carbocycles. The summed E-state index contributed by atoms with van der Waals surface area (Å²) in [4.78, 5) is 16.8. The molecular formula is C19H27NO2S. The Morgan fingerprint density at radius 1 is 1.26 bits per heavy atom. The van der Waals surface area contributed by atoms with Crippen molar-refractivity contribution in [2.75, 3.05) is 20.2 Å². The number of rotatable bonds is 2. The Morgan fingerprint density at radius 2 is 2.09 bits per heavy atom. The van der Waals surface area contributed by atoms with E-state index in [2.05, 4.69) is 10.3 Å². The molecule has 1 amide bonds. The van der Waals surface area contributed by atoms with Gasteiger partial charge in [-0.15, -0.1) is 11.3 Å². The second kappa shape index (κ2) is 6.21. The SMILES string of the molecule is CO[C@@H]1CCC[C@@]12CCCN(C(=O)c1csc3c1CCCC3)C2. The quantitative estimate of drug-likeness (QED) is 0.817. The van der Waals surface area contributed by atoms with Crippen LogP contribution in [0.3, 0.4) is 0 Å². The summed E-state index contributed by atoms with van der Waals surface area (Å²) < 4.78 is 5.78. The first-order valence-electron chi connectivity index (χ1n) is 9.15. The second-order valence-electron chi connectivity index (χ2n) is 7.57. The van der Waals surface area contributed by atoms with Crippen LogP contribution >= 0.6 is 11.3 Å². The van der Waals surface area contributed by atoms with Gasteiger partial charge in [0, 0.05) is 35.9 Å². The van der Waals surface area contributed by atoms with Gasteiger partial charge < -0.3 is 9.64 Å². The number of methoxy groups -OCH3 is 1. The van der Waals surface area contributed by atoms with Crippen molar-refractivity contribution in [3.05, 3.63) is 21.4 Å². The molecule has 2 aliphatic carbocycles. The Kier molecular flexibility index (Phi) is 4.22. The minimum Gasteiger partial charge on any atom is -0.381 e. The van der Waals surface area contributed by atoms with Crippen molar-refractivity contribution in [2.24, 2.45) is 5.41 Å². The fourth-order valence-corrected chi connectivity index (χ4v) is 6.24. The van der Waals surface area contributed by atoms with Gasteiger partial charge in [-0.1, -0.05) is 6.42 Å². The minimum atomic E-state index is 0.221. The van der Waals surface area contributed by atoms with Gasteiger partial charge in [0.2, 0.25) is 0 Å². The van der Waals surface area contributed by atoms with Crippen LogP contribution in [-0.4, -0.2) is 37.1 Å². The van der Waals surface area contributed by atoms with E-state index in [1.807, 2.05) is 7.11 Å². The van der Waals surface area contributed by atoms with Crippen LogP contribution in [0, 0.1) is 5.41 Å². The van der Waals surface area contributed by atoms with Crippen molar-refractivity contribution in [2.45, 2.75) is 63.9 Å². The van der Waals surface area contributed by atoms with Gasteiger partial charge >= 0.3 is 0 Å². The maximum atomic E-state index is 13.2. The number of fused-ring (bicyclic) bond motifs is 1. The first kappa shape index (κ1) is 15.6. The van der Waals surface area contributed by atoms with Crippen LogP contribution in [0.1, 0.15) is 65.7 Å². The number of likely N-dealkylation sites (tertiary alicyclic amines) is 1. The van der Waals surface area contributed by atoms with Crippen LogP contribution in [-0.2, 0) is 17.6 Å². The molecular weight excluding hydrogens is 306 g/mol. The van der Waals surface area contributed by atoms with E-state index in [0.29, 0.717) is 6.10 Å². The van der Waals surface area contributed by atoms with Crippen molar-refractivity contribution in [3.8, 4) is 0 Å². The maximum absolute atomic E-state index is 13.2. The molecule has 1 aromatic heterocycles. The number of thiophene rings is 1. The largest absolute Gasteiger partial charge is 0.381 e. The van der Waals surface area contributed by atoms with Gasteiger partial charge in [0.15, 0.2) is 0 Å². The van der Waals surface area contributed by atoms with Gasteiger partial charge in [-0.25, -0.2) is 0 Å². The van der Waals surface area contributed by atoms with E-state index in [-0.39, 0.29) is 11.3 Å². The van der Waals surface area contributed by atoms with Gasteiger partial charge in [0.1, 0.15) is 0 Å². The predicted molar refractivity (Wildman–Crippen MR) is 93.2 cm³/mol. The molecule has 2 heterocycles. The van der Waals surface area contributed by atoms with E-state index in [4.69, 9.17) is 4.74 Å². The molecule has 0 unspecified atom stereocenters. The molecule has 3 nitrogen and oxygen atoms in total. The topological polar surface area (TPSA) is 29.5 Å². The van der Waals surface area contributed by atoms with Crippen LogP contribution < -0.4 is 0 Å². The number of carbonyl (C=O) groups is 1. The zero-order chi connectivity index (χ0) is 15.9. The normalized spacial score (nSPS) is 30.7. The van der Waals surface area contributed by atoms with Crippen molar-refractivity contribution >= 4 is 17.2 Å². The Morgan fingerprint density at radius 3 is 2.96 bits per heavy atom. The number of carbonyl (C=O) groups excluding carboxylic acids is 1. The second-order valence-corrected chi connectivity index (χ2v) is 8.53. The molecule has 1 saturated carbocycles. The predicted octanol–water partition coefficient (Wildman–Crippen LogP) is 4.05. The summed E-state index contributed by atoms with van der Waals surface area (Å²) in [5.74, 6) is 0.283. The highest BCUT2D eigenvalue weighted by molar-refractivity contribution is 7.10. The highest BCUT2D eigenvalue weighted by Crippen LogP contribution is 2.46. The number of nitrogens with zero attached hydrogens (tertiary/aromatic N) is 1. The Balaban J connectivity index is 1.56.